The van der Waals surface area contributed by atoms with Crippen LogP contribution in [0.15, 0.2) is 30.3 Å². The van der Waals surface area contributed by atoms with Crippen molar-refractivity contribution in [3.8, 4) is 5.75 Å². The first-order valence-corrected chi connectivity index (χ1v) is 7.28. The topological polar surface area (TPSA) is 143 Å². The summed E-state index contributed by atoms with van der Waals surface area (Å²) in [7, 11) is 1.09. The SMILES string of the molecule is COC(=O)[C@H]1O[C@@H](Oc2ccc(/C=C/C(=O)O)cc2)[C@H](O)[C@@H](O)[C@@H]1O. The maximum Gasteiger partial charge on any atom is 0.337 e. The summed E-state index contributed by atoms with van der Waals surface area (Å²) >= 11 is 0. The normalized spacial score (nSPS) is 29.4. The van der Waals surface area contributed by atoms with Gasteiger partial charge in [0.05, 0.1) is 7.11 Å². The van der Waals surface area contributed by atoms with E-state index in [1.54, 1.807) is 12.1 Å². The Kier molecular flexibility index (Phi) is 6.10. The number of methoxy groups -OCH3 is 1. The fourth-order valence-electron chi connectivity index (χ4n) is 2.22. The quantitative estimate of drug-likeness (QED) is 0.392. The van der Waals surface area contributed by atoms with E-state index in [0.717, 1.165) is 13.2 Å². The van der Waals surface area contributed by atoms with Gasteiger partial charge in [0.1, 0.15) is 24.1 Å². The number of carboxylic acids is 1. The minimum atomic E-state index is -1.67. The van der Waals surface area contributed by atoms with Crippen molar-refractivity contribution in [2.45, 2.75) is 30.7 Å². The Balaban J connectivity index is 2.09. The van der Waals surface area contributed by atoms with Gasteiger partial charge in [-0.2, -0.15) is 0 Å². The number of ether oxygens (including phenoxy) is 3. The number of carbonyl (C=O) groups excluding carboxylic acids is 1. The van der Waals surface area contributed by atoms with Gasteiger partial charge in [0, 0.05) is 6.08 Å². The summed E-state index contributed by atoms with van der Waals surface area (Å²) in [6.07, 6.45) is -5.49. The lowest BCUT2D eigenvalue weighted by Gasteiger charge is -2.38. The molecule has 0 unspecified atom stereocenters. The molecule has 1 aliphatic rings. The summed E-state index contributed by atoms with van der Waals surface area (Å²) < 4.78 is 15.1. The van der Waals surface area contributed by atoms with Crippen LogP contribution in [0, 0.1) is 0 Å². The van der Waals surface area contributed by atoms with Crippen LogP contribution in [0.4, 0.5) is 0 Å². The molecule has 2 rings (SSSR count). The zero-order valence-corrected chi connectivity index (χ0v) is 13.2. The number of aliphatic hydroxyl groups is 3. The molecule has 9 heteroatoms. The molecule has 1 aliphatic heterocycles. The Hall–Kier alpha value is -2.46. The maximum atomic E-state index is 11.6. The number of aliphatic carboxylic acids is 1. The van der Waals surface area contributed by atoms with Crippen LogP contribution in [-0.2, 0) is 19.1 Å². The van der Waals surface area contributed by atoms with E-state index >= 15 is 0 Å². The number of carboxylic acid groups (broad SMARTS) is 1. The van der Waals surface area contributed by atoms with E-state index < -0.39 is 42.6 Å². The lowest BCUT2D eigenvalue weighted by molar-refractivity contribution is -0.271. The lowest BCUT2D eigenvalue weighted by Crippen LogP contribution is -2.61. The van der Waals surface area contributed by atoms with Gasteiger partial charge in [0.2, 0.25) is 6.29 Å². The highest BCUT2D eigenvalue weighted by atomic mass is 16.7. The number of hydrogen-bond donors (Lipinski definition) is 4. The highest BCUT2D eigenvalue weighted by Gasteiger charge is 2.48. The summed E-state index contributed by atoms with van der Waals surface area (Å²) in [5.41, 5.74) is 0.600. The van der Waals surface area contributed by atoms with Gasteiger partial charge in [0.25, 0.3) is 0 Å². The minimum Gasteiger partial charge on any atom is -0.478 e. The number of aliphatic hydroxyl groups excluding tert-OH is 3. The summed E-state index contributed by atoms with van der Waals surface area (Å²) in [6, 6.07) is 6.10. The van der Waals surface area contributed by atoms with E-state index in [9.17, 15) is 24.9 Å². The van der Waals surface area contributed by atoms with Crippen LogP contribution in [-0.4, -0.2) is 70.2 Å². The summed E-state index contributed by atoms with van der Waals surface area (Å²) in [6.45, 7) is 0. The molecule has 0 amide bonds. The van der Waals surface area contributed by atoms with Crippen LogP contribution in [0.1, 0.15) is 5.56 Å². The first kappa shape index (κ1) is 18.9. The Morgan fingerprint density at radius 2 is 1.72 bits per heavy atom. The predicted octanol–water partition coefficient (Wildman–Crippen LogP) is -0.856. The fraction of sp³-hybridized carbons (Fsp3) is 0.375. The Morgan fingerprint density at radius 3 is 2.28 bits per heavy atom. The molecule has 5 atom stereocenters. The van der Waals surface area contributed by atoms with Crippen molar-refractivity contribution in [3.05, 3.63) is 35.9 Å². The maximum absolute atomic E-state index is 11.6. The van der Waals surface area contributed by atoms with Crippen LogP contribution in [0.3, 0.4) is 0 Å². The van der Waals surface area contributed by atoms with E-state index in [1.165, 1.54) is 18.2 Å². The van der Waals surface area contributed by atoms with Crippen molar-refractivity contribution >= 4 is 18.0 Å². The smallest absolute Gasteiger partial charge is 0.337 e. The molecule has 1 aromatic carbocycles. The highest BCUT2D eigenvalue weighted by molar-refractivity contribution is 5.85. The molecule has 0 aromatic heterocycles. The van der Waals surface area contributed by atoms with Crippen molar-refractivity contribution in [1.29, 1.82) is 0 Å². The second kappa shape index (κ2) is 8.08. The molecule has 4 N–H and O–H groups in total. The zero-order valence-electron chi connectivity index (χ0n) is 13.2. The van der Waals surface area contributed by atoms with Crippen molar-refractivity contribution in [2.75, 3.05) is 7.11 Å². The molecule has 1 heterocycles. The van der Waals surface area contributed by atoms with E-state index in [4.69, 9.17) is 14.6 Å². The third-order valence-corrected chi connectivity index (χ3v) is 3.55. The third kappa shape index (κ3) is 4.54. The van der Waals surface area contributed by atoms with Crippen LogP contribution in [0.5, 0.6) is 5.75 Å². The van der Waals surface area contributed by atoms with Crippen LogP contribution >= 0.6 is 0 Å². The van der Waals surface area contributed by atoms with Gasteiger partial charge in [-0.3, -0.25) is 0 Å². The zero-order chi connectivity index (χ0) is 18.6. The van der Waals surface area contributed by atoms with Crippen molar-refractivity contribution in [3.63, 3.8) is 0 Å². The molecule has 0 saturated carbocycles. The van der Waals surface area contributed by atoms with Gasteiger partial charge in [0.15, 0.2) is 6.10 Å². The fourth-order valence-corrected chi connectivity index (χ4v) is 2.22. The van der Waals surface area contributed by atoms with E-state index in [0.29, 0.717) is 5.56 Å². The predicted molar refractivity (Wildman–Crippen MR) is 82.4 cm³/mol. The largest absolute Gasteiger partial charge is 0.478 e. The van der Waals surface area contributed by atoms with E-state index in [1.807, 2.05) is 0 Å². The molecule has 25 heavy (non-hydrogen) atoms. The standard InChI is InChI=1S/C16H18O9/c1-23-15(22)14-12(20)11(19)13(21)16(25-14)24-9-5-2-8(3-6-9)4-7-10(17)18/h2-7,11-14,16,19-21H,1H3,(H,17,18)/b7-4+/t11-,12-,13+,14-,16+/m0/s1. The van der Waals surface area contributed by atoms with Gasteiger partial charge < -0.3 is 34.6 Å². The minimum absolute atomic E-state index is 0.240. The van der Waals surface area contributed by atoms with Crippen molar-refractivity contribution in [1.82, 2.24) is 0 Å². The number of hydrogen-bond acceptors (Lipinski definition) is 8. The molecule has 1 saturated heterocycles. The summed E-state index contributed by atoms with van der Waals surface area (Å²) in [4.78, 5) is 22.1. The summed E-state index contributed by atoms with van der Waals surface area (Å²) in [5, 5.41) is 38.2. The Labute approximate surface area is 142 Å². The van der Waals surface area contributed by atoms with Gasteiger partial charge in [-0.15, -0.1) is 0 Å². The average Bonchev–Trinajstić information content (AvgIpc) is 2.60. The second-order valence-electron chi connectivity index (χ2n) is 5.28. The molecular weight excluding hydrogens is 336 g/mol. The second-order valence-corrected chi connectivity index (χ2v) is 5.28. The van der Waals surface area contributed by atoms with Crippen LogP contribution in [0.25, 0.3) is 6.08 Å². The number of benzene rings is 1. The number of carbonyl (C=O) groups is 2. The molecule has 0 aliphatic carbocycles. The van der Waals surface area contributed by atoms with Gasteiger partial charge in [-0.25, -0.2) is 9.59 Å². The molecule has 0 spiro atoms. The number of esters is 1. The molecular formula is C16H18O9. The third-order valence-electron chi connectivity index (χ3n) is 3.55. The van der Waals surface area contributed by atoms with E-state index in [-0.39, 0.29) is 5.75 Å². The monoisotopic (exact) mass is 354 g/mol. The molecule has 1 aromatic rings. The number of rotatable bonds is 5. The van der Waals surface area contributed by atoms with Crippen molar-refractivity contribution < 1.29 is 44.2 Å². The lowest BCUT2D eigenvalue weighted by atomic mass is 9.99. The van der Waals surface area contributed by atoms with Gasteiger partial charge in [-0.1, -0.05) is 12.1 Å². The molecule has 1 fully saturated rings. The molecule has 0 bridgehead atoms. The van der Waals surface area contributed by atoms with Gasteiger partial charge in [-0.05, 0) is 23.8 Å². The van der Waals surface area contributed by atoms with E-state index in [2.05, 4.69) is 4.74 Å². The Morgan fingerprint density at radius 1 is 1.08 bits per heavy atom. The van der Waals surface area contributed by atoms with Crippen LogP contribution in [0.2, 0.25) is 0 Å². The average molecular weight is 354 g/mol. The van der Waals surface area contributed by atoms with Crippen molar-refractivity contribution in [2.24, 2.45) is 0 Å². The Bertz CT molecular complexity index is 640. The highest BCUT2D eigenvalue weighted by Crippen LogP contribution is 2.25. The van der Waals surface area contributed by atoms with Crippen LogP contribution < -0.4 is 4.74 Å². The first-order chi connectivity index (χ1) is 11.8. The molecule has 136 valence electrons. The summed E-state index contributed by atoms with van der Waals surface area (Å²) in [5.74, 6) is -1.76. The first-order valence-electron chi connectivity index (χ1n) is 7.28. The van der Waals surface area contributed by atoms with Gasteiger partial charge >= 0.3 is 11.9 Å². The molecule has 9 nitrogen and oxygen atoms in total. The molecule has 0 radical (unpaired) electrons.